The number of aliphatic hydroxyl groups is 1. The van der Waals surface area contributed by atoms with Crippen LogP contribution in [0.3, 0.4) is 0 Å². The summed E-state index contributed by atoms with van der Waals surface area (Å²) >= 11 is 0. The van der Waals surface area contributed by atoms with Crippen molar-refractivity contribution in [1.29, 1.82) is 0 Å². The first-order chi connectivity index (χ1) is 8.31. The summed E-state index contributed by atoms with van der Waals surface area (Å²) in [6, 6.07) is 7.77. The minimum atomic E-state index is -0.660. The van der Waals surface area contributed by atoms with Crippen LogP contribution >= 0.6 is 0 Å². The first-order valence-electron chi connectivity index (χ1n) is 5.90. The second-order valence-corrected chi connectivity index (χ2v) is 4.18. The molecule has 3 heteroatoms. The summed E-state index contributed by atoms with van der Waals surface area (Å²) in [5.74, 6) is 0.672. The summed E-state index contributed by atoms with van der Waals surface area (Å²) in [5.41, 5.74) is 1.91. The summed E-state index contributed by atoms with van der Waals surface area (Å²) in [7, 11) is 1.66. The Morgan fingerprint density at radius 3 is 3.06 bits per heavy atom. The van der Waals surface area contributed by atoms with Gasteiger partial charge in [-0.2, -0.15) is 0 Å². The quantitative estimate of drug-likeness (QED) is 0.870. The molecule has 0 bridgehead atoms. The lowest BCUT2D eigenvalue weighted by molar-refractivity contribution is 0.0916. The van der Waals surface area contributed by atoms with Crippen LogP contribution in [0, 0.1) is 0 Å². The molecule has 2 rings (SSSR count). The Morgan fingerprint density at radius 1 is 1.47 bits per heavy atom. The van der Waals surface area contributed by atoms with E-state index in [9.17, 15) is 5.11 Å². The molecule has 0 radical (unpaired) electrons. The van der Waals surface area contributed by atoms with Gasteiger partial charge in [0.05, 0.1) is 13.2 Å². The highest BCUT2D eigenvalue weighted by atomic mass is 16.5. The Balaban J connectivity index is 2.15. The van der Waals surface area contributed by atoms with Crippen LogP contribution < -0.4 is 0 Å². The molecule has 1 aromatic rings. The number of hydrogen-bond donors (Lipinski definition) is 1. The molecule has 0 saturated heterocycles. The van der Waals surface area contributed by atoms with Gasteiger partial charge in [0, 0.05) is 7.11 Å². The van der Waals surface area contributed by atoms with Crippen molar-refractivity contribution in [1.82, 2.24) is 0 Å². The van der Waals surface area contributed by atoms with E-state index in [0.29, 0.717) is 19.0 Å². The van der Waals surface area contributed by atoms with Gasteiger partial charge in [-0.1, -0.05) is 24.3 Å². The SMILES string of the molecule is COCc1cccc(C(O)C2=CCCCO2)c1. The van der Waals surface area contributed by atoms with Gasteiger partial charge in [-0.25, -0.2) is 0 Å². The van der Waals surface area contributed by atoms with Crippen molar-refractivity contribution in [3.05, 3.63) is 47.2 Å². The second-order valence-electron chi connectivity index (χ2n) is 4.18. The molecule has 92 valence electrons. The summed E-state index contributed by atoms with van der Waals surface area (Å²) < 4.78 is 10.6. The number of allylic oxidation sites excluding steroid dienone is 1. The van der Waals surface area contributed by atoms with Gasteiger partial charge in [0.15, 0.2) is 0 Å². The maximum atomic E-state index is 10.2. The number of hydrogen-bond acceptors (Lipinski definition) is 3. The van der Waals surface area contributed by atoms with E-state index in [1.54, 1.807) is 7.11 Å². The normalized spacial score (nSPS) is 17.2. The van der Waals surface area contributed by atoms with Gasteiger partial charge in [0.2, 0.25) is 0 Å². The van der Waals surface area contributed by atoms with E-state index < -0.39 is 6.10 Å². The highest BCUT2D eigenvalue weighted by molar-refractivity contribution is 5.28. The standard InChI is InChI=1S/C14H18O3/c1-16-10-11-5-4-6-12(9-11)14(15)13-7-2-3-8-17-13/h4-7,9,14-15H,2-3,8,10H2,1H3. The number of benzene rings is 1. The van der Waals surface area contributed by atoms with Crippen molar-refractivity contribution in [2.24, 2.45) is 0 Å². The Kier molecular flexibility index (Phi) is 4.18. The molecular formula is C14H18O3. The highest BCUT2D eigenvalue weighted by Crippen LogP contribution is 2.26. The van der Waals surface area contributed by atoms with Crippen LogP contribution in [0.4, 0.5) is 0 Å². The molecule has 0 amide bonds. The van der Waals surface area contributed by atoms with Crippen molar-refractivity contribution in [3.63, 3.8) is 0 Å². The fourth-order valence-electron chi connectivity index (χ4n) is 1.95. The van der Waals surface area contributed by atoms with Gasteiger partial charge in [-0.05, 0) is 30.0 Å². The third-order valence-electron chi connectivity index (χ3n) is 2.81. The molecule has 0 aliphatic carbocycles. The van der Waals surface area contributed by atoms with Gasteiger partial charge in [-0.3, -0.25) is 0 Å². The zero-order chi connectivity index (χ0) is 12.1. The zero-order valence-electron chi connectivity index (χ0n) is 10.1. The molecule has 1 aliphatic rings. The van der Waals surface area contributed by atoms with Crippen LogP contribution in [0.15, 0.2) is 36.1 Å². The van der Waals surface area contributed by atoms with E-state index in [4.69, 9.17) is 9.47 Å². The largest absolute Gasteiger partial charge is 0.495 e. The monoisotopic (exact) mass is 234 g/mol. The maximum Gasteiger partial charge on any atom is 0.136 e. The molecule has 0 aromatic heterocycles. The molecule has 0 spiro atoms. The summed E-state index contributed by atoms with van der Waals surface area (Å²) in [4.78, 5) is 0. The summed E-state index contributed by atoms with van der Waals surface area (Å²) in [6.45, 7) is 1.25. The Bertz CT molecular complexity index is 398. The van der Waals surface area contributed by atoms with Crippen molar-refractivity contribution in [3.8, 4) is 0 Å². The van der Waals surface area contributed by atoms with Crippen molar-refractivity contribution in [2.75, 3.05) is 13.7 Å². The van der Waals surface area contributed by atoms with Crippen LogP contribution in [-0.2, 0) is 16.1 Å². The van der Waals surface area contributed by atoms with E-state index in [1.165, 1.54) is 0 Å². The van der Waals surface area contributed by atoms with Gasteiger partial charge < -0.3 is 14.6 Å². The lowest BCUT2D eigenvalue weighted by Crippen LogP contribution is -2.10. The number of ether oxygens (including phenoxy) is 2. The third kappa shape index (κ3) is 3.08. The van der Waals surface area contributed by atoms with Gasteiger partial charge in [0.25, 0.3) is 0 Å². The van der Waals surface area contributed by atoms with Gasteiger partial charge in [0.1, 0.15) is 11.9 Å². The molecule has 1 aliphatic heterocycles. The minimum Gasteiger partial charge on any atom is -0.495 e. The Labute approximate surface area is 102 Å². The van der Waals surface area contributed by atoms with Crippen LogP contribution in [0.25, 0.3) is 0 Å². The predicted octanol–water partition coefficient (Wildman–Crippen LogP) is 2.56. The number of rotatable bonds is 4. The topological polar surface area (TPSA) is 38.7 Å². The lowest BCUT2D eigenvalue weighted by atomic mass is 10.0. The van der Waals surface area contributed by atoms with E-state index >= 15 is 0 Å². The van der Waals surface area contributed by atoms with Gasteiger partial charge in [-0.15, -0.1) is 0 Å². The Morgan fingerprint density at radius 2 is 2.35 bits per heavy atom. The molecule has 0 fully saturated rings. The molecule has 1 heterocycles. The fraction of sp³-hybridized carbons (Fsp3) is 0.429. The second kappa shape index (κ2) is 5.84. The number of methoxy groups -OCH3 is 1. The van der Waals surface area contributed by atoms with E-state index in [2.05, 4.69) is 0 Å². The molecule has 1 unspecified atom stereocenters. The molecule has 1 atom stereocenters. The average molecular weight is 234 g/mol. The van der Waals surface area contributed by atoms with Gasteiger partial charge >= 0.3 is 0 Å². The maximum absolute atomic E-state index is 10.2. The molecule has 1 N–H and O–H groups in total. The van der Waals surface area contributed by atoms with Crippen molar-refractivity contribution in [2.45, 2.75) is 25.6 Å². The first kappa shape index (κ1) is 12.1. The van der Waals surface area contributed by atoms with E-state index in [-0.39, 0.29) is 0 Å². The molecule has 1 aromatic carbocycles. The average Bonchev–Trinajstić information content (AvgIpc) is 2.40. The summed E-state index contributed by atoms with van der Waals surface area (Å²) in [5, 5.41) is 10.2. The van der Waals surface area contributed by atoms with Crippen molar-refractivity contribution >= 4 is 0 Å². The van der Waals surface area contributed by atoms with Crippen molar-refractivity contribution < 1.29 is 14.6 Å². The Hall–Kier alpha value is -1.32. The fourth-order valence-corrected chi connectivity index (χ4v) is 1.95. The lowest BCUT2D eigenvalue weighted by Gasteiger charge is -2.20. The first-order valence-corrected chi connectivity index (χ1v) is 5.90. The smallest absolute Gasteiger partial charge is 0.136 e. The molecular weight excluding hydrogens is 216 g/mol. The number of aliphatic hydroxyl groups excluding tert-OH is 1. The third-order valence-corrected chi connectivity index (χ3v) is 2.81. The predicted molar refractivity (Wildman–Crippen MR) is 65.4 cm³/mol. The minimum absolute atomic E-state index is 0.556. The van der Waals surface area contributed by atoms with Crippen LogP contribution in [0.2, 0.25) is 0 Å². The van der Waals surface area contributed by atoms with E-state index in [0.717, 1.165) is 24.0 Å². The van der Waals surface area contributed by atoms with Crippen LogP contribution in [0.5, 0.6) is 0 Å². The van der Waals surface area contributed by atoms with Crippen LogP contribution in [-0.4, -0.2) is 18.8 Å². The summed E-state index contributed by atoms with van der Waals surface area (Å²) in [6.07, 6.45) is 3.31. The molecule has 3 nitrogen and oxygen atoms in total. The zero-order valence-corrected chi connectivity index (χ0v) is 10.1. The molecule has 17 heavy (non-hydrogen) atoms. The molecule has 0 saturated carbocycles. The highest BCUT2D eigenvalue weighted by Gasteiger charge is 2.17. The van der Waals surface area contributed by atoms with Crippen LogP contribution in [0.1, 0.15) is 30.1 Å². The van der Waals surface area contributed by atoms with E-state index in [1.807, 2.05) is 30.3 Å².